The van der Waals surface area contributed by atoms with E-state index in [1.54, 1.807) is 30.3 Å². The molecule has 3 rings (SSSR count). The highest BCUT2D eigenvalue weighted by Gasteiger charge is 2.45. The summed E-state index contributed by atoms with van der Waals surface area (Å²) >= 11 is 0. The number of aliphatic hydroxyl groups is 1. The Hall–Kier alpha value is -3.52. The minimum atomic E-state index is -0.717. The van der Waals surface area contributed by atoms with Crippen molar-refractivity contribution >= 4 is 17.4 Å². The molecule has 2 aromatic carbocycles. The van der Waals surface area contributed by atoms with Crippen molar-refractivity contribution in [1.29, 1.82) is 0 Å². The molecule has 1 amide bonds. The van der Waals surface area contributed by atoms with Gasteiger partial charge in [-0.05, 0) is 69.9 Å². The first-order valence-electron chi connectivity index (χ1n) is 11.2. The highest BCUT2D eigenvalue weighted by atomic mass is 16.5. The Morgan fingerprint density at radius 1 is 1.03 bits per heavy atom. The third kappa shape index (κ3) is 5.17. The van der Waals surface area contributed by atoms with Crippen LogP contribution in [0.25, 0.3) is 5.76 Å². The number of aliphatic hydroxyl groups excluding tert-OH is 1. The number of Topliss-reactive ketones (excluding diaryl/α,β-unsaturated/α-hetero) is 1. The standard InChI is InChI=1S/C26H32N2O6/c1-6-34-19-11-8-17(9-12-19)23-22(25(30)26(31)28(23)15-7-14-27(2)3)24(29)18-10-13-20(32-4)21(16-18)33-5/h8-13,16,23,29H,6-7,14-15H2,1-5H3/b24-22+/t23-/m1/s1. The van der Waals surface area contributed by atoms with Crippen LogP contribution >= 0.6 is 0 Å². The number of rotatable bonds is 10. The summed E-state index contributed by atoms with van der Waals surface area (Å²) in [5.41, 5.74) is 1.13. The average Bonchev–Trinajstić information content (AvgIpc) is 3.08. The van der Waals surface area contributed by atoms with Crippen molar-refractivity contribution in [3.05, 3.63) is 59.2 Å². The zero-order valence-electron chi connectivity index (χ0n) is 20.3. The Labute approximate surface area is 200 Å². The van der Waals surface area contributed by atoms with E-state index < -0.39 is 17.7 Å². The molecule has 1 aliphatic heterocycles. The molecular weight excluding hydrogens is 436 g/mol. The molecule has 0 aromatic heterocycles. The largest absolute Gasteiger partial charge is 0.507 e. The summed E-state index contributed by atoms with van der Waals surface area (Å²) in [5.74, 6) is -0.00434. The fraction of sp³-hybridized carbons (Fsp3) is 0.385. The van der Waals surface area contributed by atoms with Gasteiger partial charge in [-0.3, -0.25) is 9.59 Å². The van der Waals surface area contributed by atoms with Crippen molar-refractivity contribution in [2.24, 2.45) is 0 Å². The number of benzene rings is 2. The Kier molecular flexibility index (Phi) is 8.17. The third-order valence-corrected chi connectivity index (χ3v) is 5.71. The summed E-state index contributed by atoms with van der Waals surface area (Å²) in [6, 6.07) is 11.4. The van der Waals surface area contributed by atoms with E-state index >= 15 is 0 Å². The van der Waals surface area contributed by atoms with E-state index in [2.05, 4.69) is 0 Å². The fourth-order valence-corrected chi connectivity index (χ4v) is 4.07. The van der Waals surface area contributed by atoms with Gasteiger partial charge in [-0.1, -0.05) is 12.1 Å². The fourth-order valence-electron chi connectivity index (χ4n) is 4.07. The molecule has 0 radical (unpaired) electrons. The van der Waals surface area contributed by atoms with Crippen molar-refractivity contribution < 1.29 is 28.9 Å². The number of ether oxygens (including phenoxy) is 3. The summed E-state index contributed by atoms with van der Waals surface area (Å²) in [5, 5.41) is 11.2. The van der Waals surface area contributed by atoms with Crippen LogP contribution in [0, 0.1) is 0 Å². The number of carbonyl (C=O) groups excluding carboxylic acids is 2. The lowest BCUT2D eigenvalue weighted by molar-refractivity contribution is -0.139. The van der Waals surface area contributed by atoms with E-state index in [4.69, 9.17) is 14.2 Å². The second-order valence-corrected chi connectivity index (χ2v) is 8.22. The van der Waals surface area contributed by atoms with Crippen molar-refractivity contribution in [3.8, 4) is 17.2 Å². The van der Waals surface area contributed by atoms with Crippen LogP contribution in [0.3, 0.4) is 0 Å². The van der Waals surface area contributed by atoms with Crippen molar-refractivity contribution in [1.82, 2.24) is 9.80 Å². The highest BCUT2D eigenvalue weighted by Crippen LogP contribution is 2.41. The lowest BCUT2D eigenvalue weighted by Crippen LogP contribution is -2.32. The molecule has 1 aliphatic rings. The number of carbonyl (C=O) groups is 2. The number of hydrogen-bond acceptors (Lipinski definition) is 7. The molecule has 1 fully saturated rings. The monoisotopic (exact) mass is 468 g/mol. The van der Waals surface area contributed by atoms with E-state index in [0.717, 1.165) is 12.1 Å². The molecule has 0 saturated carbocycles. The van der Waals surface area contributed by atoms with Crippen LogP contribution in [0.1, 0.15) is 30.5 Å². The van der Waals surface area contributed by atoms with Crippen LogP contribution in [-0.2, 0) is 9.59 Å². The lowest BCUT2D eigenvalue weighted by Gasteiger charge is -2.26. The topological polar surface area (TPSA) is 88.5 Å². The van der Waals surface area contributed by atoms with Gasteiger partial charge in [-0.2, -0.15) is 0 Å². The maximum Gasteiger partial charge on any atom is 0.295 e. The van der Waals surface area contributed by atoms with Gasteiger partial charge in [0.05, 0.1) is 32.4 Å². The van der Waals surface area contributed by atoms with Crippen LogP contribution in [0.4, 0.5) is 0 Å². The van der Waals surface area contributed by atoms with Crippen LogP contribution in [0.5, 0.6) is 17.2 Å². The third-order valence-electron chi connectivity index (χ3n) is 5.71. The summed E-state index contributed by atoms with van der Waals surface area (Å²) < 4.78 is 16.1. The Balaban J connectivity index is 2.10. The molecule has 8 heteroatoms. The molecule has 1 heterocycles. The molecule has 1 saturated heterocycles. The number of amides is 1. The van der Waals surface area contributed by atoms with Gasteiger partial charge >= 0.3 is 0 Å². The van der Waals surface area contributed by atoms with Gasteiger partial charge in [0.25, 0.3) is 11.7 Å². The van der Waals surface area contributed by atoms with Gasteiger partial charge in [0.15, 0.2) is 11.5 Å². The summed E-state index contributed by atoms with van der Waals surface area (Å²) in [6.07, 6.45) is 0.684. The first-order valence-corrected chi connectivity index (χ1v) is 11.2. The lowest BCUT2D eigenvalue weighted by atomic mass is 9.95. The first-order chi connectivity index (χ1) is 16.3. The quantitative estimate of drug-likeness (QED) is 0.324. The Morgan fingerprint density at radius 3 is 2.29 bits per heavy atom. The summed E-state index contributed by atoms with van der Waals surface area (Å²) in [4.78, 5) is 29.8. The van der Waals surface area contributed by atoms with E-state index in [1.165, 1.54) is 19.1 Å². The van der Waals surface area contributed by atoms with Crippen molar-refractivity contribution in [2.75, 3.05) is 48.0 Å². The predicted molar refractivity (Wildman–Crippen MR) is 129 cm³/mol. The van der Waals surface area contributed by atoms with Crippen LogP contribution in [-0.4, -0.2) is 74.6 Å². The first kappa shape index (κ1) is 25.1. The van der Waals surface area contributed by atoms with Gasteiger partial charge in [-0.25, -0.2) is 0 Å². The maximum atomic E-state index is 13.2. The number of hydrogen-bond donors (Lipinski definition) is 1. The zero-order valence-corrected chi connectivity index (χ0v) is 20.3. The molecule has 0 spiro atoms. The average molecular weight is 469 g/mol. The van der Waals surface area contributed by atoms with Crippen LogP contribution < -0.4 is 14.2 Å². The normalized spacial score (nSPS) is 17.4. The molecule has 34 heavy (non-hydrogen) atoms. The molecule has 2 aromatic rings. The number of methoxy groups -OCH3 is 2. The summed E-state index contributed by atoms with van der Waals surface area (Å²) in [6.45, 7) is 3.57. The number of nitrogens with zero attached hydrogens (tertiary/aromatic N) is 2. The molecule has 0 bridgehead atoms. The Morgan fingerprint density at radius 2 is 1.71 bits per heavy atom. The second kappa shape index (κ2) is 11.1. The highest BCUT2D eigenvalue weighted by molar-refractivity contribution is 6.46. The van der Waals surface area contributed by atoms with Gasteiger partial charge < -0.3 is 29.1 Å². The van der Waals surface area contributed by atoms with E-state index in [9.17, 15) is 14.7 Å². The van der Waals surface area contributed by atoms with E-state index in [0.29, 0.717) is 42.4 Å². The molecule has 0 aliphatic carbocycles. The molecule has 8 nitrogen and oxygen atoms in total. The molecule has 0 unspecified atom stereocenters. The van der Waals surface area contributed by atoms with Gasteiger partial charge in [-0.15, -0.1) is 0 Å². The van der Waals surface area contributed by atoms with Crippen LogP contribution in [0.15, 0.2) is 48.0 Å². The second-order valence-electron chi connectivity index (χ2n) is 8.22. The maximum absolute atomic E-state index is 13.2. The number of likely N-dealkylation sites (tertiary alicyclic amines) is 1. The zero-order chi connectivity index (χ0) is 24.8. The minimum Gasteiger partial charge on any atom is -0.507 e. The van der Waals surface area contributed by atoms with E-state index in [1.807, 2.05) is 38.1 Å². The van der Waals surface area contributed by atoms with Crippen molar-refractivity contribution in [3.63, 3.8) is 0 Å². The minimum absolute atomic E-state index is 0.0474. The smallest absolute Gasteiger partial charge is 0.295 e. The summed E-state index contributed by atoms with van der Waals surface area (Å²) in [7, 11) is 6.91. The molecule has 182 valence electrons. The van der Waals surface area contributed by atoms with Crippen molar-refractivity contribution in [2.45, 2.75) is 19.4 Å². The van der Waals surface area contributed by atoms with Gasteiger partial charge in [0, 0.05) is 12.1 Å². The molecule has 1 atom stereocenters. The Bertz CT molecular complexity index is 1060. The predicted octanol–water partition coefficient (Wildman–Crippen LogP) is 3.48. The van der Waals surface area contributed by atoms with E-state index in [-0.39, 0.29) is 11.3 Å². The van der Waals surface area contributed by atoms with Gasteiger partial charge in [0.2, 0.25) is 0 Å². The molecular formula is C26H32N2O6. The van der Waals surface area contributed by atoms with Gasteiger partial charge in [0.1, 0.15) is 11.5 Å². The van der Waals surface area contributed by atoms with Crippen LogP contribution in [0.2, 0.25) is 0 Å². The SMILES string of the molecule is CCOc1ccc([C@@H]2/C(=C(\O)c3ccc(OC)c(OC)c3)C(=O)C(=O)N2CCCN(C)C)cc1. The number of ketones is 1. The molecule has 1 N–H and O–H groups in total.